The summed E-state index contributed by atoms with van der Waals surface area (Å²) in [6, 6.07) is 4.30. The van der Waals surface area contributed by atoms with Crippen molar-refractivity contribution in [2.75, 3.05) is 7.11 Å². The molecule has 1 aromatic carbocycles. The molecule has 0 heterocycles. The zero-order chi connectivity index (χ0) is 12.6. The summed E-state index contributed by atoms with van der Waals surface area (Å²) >= 11 is 0. The van der Waals surface area contributed by atoms with E-state index in [1.54, 1.807) is 6.07 Å². The van der Waals surface area contributed by atoms with Crippen molar-refractivity contribution in [3.63, 3.8) is 0 Å². The number of hydrogen-bond acceptors (Lipinski definition) is 2. The van der Waals surface area contributed by atoms with Gasteiger partial charge in [-0.15, -0.1) is 0 Å². The van der Waals surface area contributed by atoms with Gasteiger partial charge in [0.05, 0.1) is 12.7 Å². The molecule has 0 N–H and O–H groups in total. The van der Waals surface area contributed by atoms with Crippen molar-refractivity contribution in [1.29, 1.82) is 0 Å². The van der Waals surface area contributed by atoms with Gasteiger partial charge in [0.15, 0.2) is 0 Å². The number of methoxy groups -OCH3 is 1. The molecule has 1 aliphatic carbocycles. The average Bonchev–Trinajstić information content (AvgIpc) is 3.10. The first-order chi connectivity index (χ1) is 7.91. The maximum absolute atomic E-state index is 13.3. The van der Waals surface area contributed by atoms with Crippen LogP contribution in [0.1, 0.15) is 40.2 Å². The van der Waals surface area contributed by atoms with E-state index in [2.05, 4.69) is 4.74 Å². The molecule has 1 saturated carbocycles. The molecule has 92 valence electrons. The monoisotopic (exact) mass is 258 g/mol. The lowest BCUT2D eigenvalue weighted by atomic mass is 10.0. The van der Waals surface area contributed by atoms with Crippen LogP contribution in [0.15, 0.2) is 18.2 Å². The van der Waals surface area contributed by atoms with Gasteiger partial charge in [-0.3, -0.25) is 0 Å². The molecule has 0 aliphatic heterocycles. The summed E-state index contributed by atoms with van der Waals surface area (Å²) < 4.78 is 31.1. The molecule has 2 nitrogen and oxygen atoms in total. The number of halogens is 2. The number of esters is 1. The third-order valence-electron chi connectivity index (χ3n) is 2.81. The number of hydrogen-bond donors (Lipinski definition) is 0. The second kappa shape index (κ2) is 4.34. The third kappa shape index (κ3) is 2.81. The molecule has 1 unspecified atom stereocenters. The van der Waals surface area contributed by atoms with Gasteiger partial charge >= 0.3 is 5.97 Å². The largest absolute Gasteiger partial charge is 0.465 e. The standard InChI is InChI=1S/C12H13F2O2P/c1-16-11(15)9-4-8(7-2-3-7)5-10(6-9)12(13,14)17/h4-7H,2-3,17H2,1H3. The highest BCUT2D eigenvalue weighted by atomic mass is 31.0. The number of alkyl halides is 2. The zero-order valence-electron chi connectivity index (χ0n) is 9.37. The Morgan fingerprint density at radius 2 is 2.06 bits per heavy atom. The van der Waals surface area contributed by atoms with Crippen molar-refractivity contribution in [3.8, 4) is 0 Å². The van der Waals surface area contributed by atoms with Crippen molar-refractivity contribution < 1.29 is 18.3 Å². The molecule has 0 radical (unpaired) electrons. The van der Waals surface area contributed by atoms with Gasteiger partial charge in [0.25, 0.3) is 5.66 Å². The maximum atomic E-state index is 13.3. The summed E-state index contributed by atoms with van der Waals surface area (Å²) in [6.45, 7) is 0. The molecule has 1 aliphatic rings. The predicted octanol–water partition coefficient (Wildman–Crippen LogP) is 3.28. The van der Waals surface area contributed by atoms with E-state index in [0.717, 1.165) is 18.4 Å². The van der Waals surface area contributed by atoms with Gasteiger partial charge in [-0.2, -0.15) is 8.78 Å². The summed E-state index contributed by atoms with van der Waals surface area (Å²) in [5.74, 6) is -0.270. The first-order valence-electron chi connectivity index (χ1n) is 5.32. The predicted molar refractivity (Wildman–Crippen MR) is 63.4 cm³/mol. The van der Waals surface area contributed by atoms with Crippen molar-refractivity contribution >= 4 is 15.2 Å². The highest BCUT2D eigenvalue weighted by Crippen LogP contribution is 2.43. The van der Waals surface area contributed by atoms with Crippen LogP contribution in [-0.4, -0.2) is 13.1 Å². The minimum atomic E-state index is -3.02. The summed E-state index contributed by atoms with van der Waals surface area (Å²) in [4.78, 5) is 11.4. The van der Waals surface area contributed by atoms with Gasteiger partial charge in [0.1, 0.15) is 0 Å². The van der Waals surface area contributed by atoms with E-state index in [0.29, 0.717) is 5.92 Å². The zero-order valence-corrected chi connectivity index (χ0v) is 10.5. The quantitative estimate of drug-likeness (QED) is 0.614. The molecule has 17 heavy (non-hydrogen) atoms. The molecule has 5 heteroatoms. The Labute approximate surface area is 101 Å². The van der Waals surface area contributed by atoms with Gasteiger partial charge in [-0.05, 0) is 42.5 Å². The minimum Gasteiger partial charge on any atom is -0.465 e. The van der Waals surface area contributed by atoms with Crippen molar-refractivity contribution in [3.05, 3.63) is 34.9 Å². The Bertz CT molecular complexity index is 450. The molecule has 0 saturated heterocycles. The van der Waals surface area contributed by atoms with E-state index >= 15 is 0 Å². The van der Waals surface area contributed by atoms with Crippen LogP contribution in [0, 0.1) is 0 Å². The average molecular weight is 258 g/mol. The SMILES string of the molecule is COC(=O)c1cc(C2CC2)cc(C(F)(F)P)c1. The van der Waals surface area contributed by atoms with Crippen LogP contribution in [0.3, 0.4) is 0 Å². The second-order valence-corrected chi connectivity index (χ2v) is 4.96. The summed E-state index contributed by atoms with van der Waals surface area (Å²) in [7, 11) is 2.73. The Balaban J connectivity index is 2.46. The lowest BCUT2D eigenvalue weighted by Crippen LogP contribution is -2.08. The Kier molecular flexibility index (Phi) is 3.17. The van der Waals surface area contributed by atoms with Gasteiger partial charge in [0, 0.05) is 5.56 Å². The van der Waals surface area contributed by atoms with E-state index < -0.39 is 11.6 Å². The lowest BCUT2D eigenvalue weighted by molar-refractivity contribution is 0.0599. The number of ether oxygens (including phenoxy) is 1. The van der Waals surface area contributed by atoms with Gasteiger partial charge in [-0.1, -0.05) is 9.24 Å². The fraction of sp³-hybridized carbons (Fsp3) is 0.417. The van der Waals surface area contributed by atoms with Gasteiger partial charge in [0.2, 0.25) is 0 Å². The molecular formula is C12H13F2O2P. The first kappa shape index (κ1) is 12.4. The van der Waals surface area contributed by atoms with Crippen LogP contribution in [0.2, 0.25) is 0 Å². The van der Waals surface area contributed by atoms with Crippen LogP contribution in [0.5, 0.6) is 0 Å². The molecule has 2 rings (SSSR count). The molecule has 0 spiro atoms. The Hall–Kier alpha value is -1.02. The van der Waals surface area contributed by atoms with E-state index in [1.807, 2.05) is 0 Å². The number of rotatable bonds is 3. The highest BCUT2D eigenvalue weighted by molar-refractivity contribution is 7.17. The second-order valence-electron chi connectivity index (χ2n) is 4.23. The van der Waals surface area contributed by atoms with Crippen molar-refractivity contribution in [2.45, 2.75) is 24.4 Å². The summed E-state index contributed by atoms with van der Waals surface area (Å²) in [5.41, 5.74) is -2.19. The lowest BCUT2D eigenvalue weighted by Gasteiger charge is -2.13. The third-order valence-corrected chi connectivity index (χ3v) is 3.14. The minimum absolute atomic E-state index is 0.160. The maximum Gasteiger partial charge on any atom is 0.337 e. The molecule has 1 atom stereocenters. The van der Waals surface area contributed by atoms with E-state index in [4.69, 9.17) is 0 Å². The number of benzene rings is 1. The fourth-order valence-electron chi connectivity index (χ4n) is 1.73. The smallest absolute Gasteiger partial charge is 0.337 e. The normalized spacial score (nSPS) is 15.8. The van der Waals surface area contributed by atoms with Crippen LogP contribution < -0.4 is 0 Å². The number of carbonyl (C=O) groups excluding carboxylic acids is 1. The van der Waals surface area contributed by atoms with E-state index in [9.17, 15) is 13.6 Å². The van der Waals surface area contributed by atoms with Crippen LogP contribution in [0.4, 0.5) is 8.78 Å². The molecule has 0 aromatic heterocycles. The summed E-state index contributed by atoms with van der Waals surface area (Å²) in [6.07, 6.45) is 1.99. The van der Waals surface area contributed by atoms with Crippen molar-refractivity contribution in [2.24, 2.45) is 0 Å². The van der Waals surface area contributed by atoms with Crippen LogP contribution in [0.25, 0.3) is 0 Å². The van der Waals surface area contributed by atoms with E-state index in [1.165, 1.54) is 28.5 Å². The molecule has 0 amide bonds. The Morgan fingerprint density at radius 3 is 2.53 bits per heavy atom. The summed E-state index contributed by atoms with van der Waals surface area (Å²) in [5, 5.41) is 0. The van der Waals surface area contributed by atoms with Crippen LogP contribution >= 0.6 is 9.24 Å². The van der Waals surface area contributed by atoms with Gasteiger partial charge < -0.3 is 4.74 Å². The van der Waals surface area contributed by atoms with Crippen LogP contribution in [-0.2, 0) is 10.4 Å². The fourth-order valence-corrected chi connectivity index (χ4v) is 1.90. The van der Waals surface area contributed by atoms with Crippen molar-refractivity contribution in [1.82, 2.24) is 0 Å². The topological polar surface area (TPSA) is 26.3 Å². The first-order valence-corrected chi connectivity index (χ1v) is 5.90. The highest BCUT2D eigenvalue weighted by Gasteiger charge is 2.30. The molecule has 1 fully saturated rings. The molecule has 0 bridgehead atoms. The number of carbonyl (C=O) groups is 1. The molecular weight excluding hydrogens is 245 g/mol. The van der Waals surface area contributed by atoms with Gasteiger partial charge in [-0.25, -0.2) is 4.79 Å². The molecule has 1 aromatic rings. The van der Waals surface area contributed by atoms with E-state index in [-0.39, 0.29) is 11.1 Å². The Morgan fingerprint density at radius 1 is 1.41 bits per heavy atom.